The summed E-state index contributed by atoms with van der Waals surface area (Å²) in [6.07, 6.45) is 5.15. The number of hydrogen-bond donors (Lipinski definition) is 2. The summed E-state index contributed by atoms with van der Waals surface area (Å²) in [4.78, 5) is 17.9. The van der Waals surface area contributed by atoms with Gasteiger partial charge in [0.1, 0.15) is 5.41 Å². The van der Waals surface area contributed by atoms with Crippen LogP contribution < -0.4 is 10.6 Å². The number of benzene rings is 1. The molecule has 31 heavy (non-hydrogen) atoms. The summed E-state index contributed by atoms with van der Waals surface area (Å²) in [6.45, 7) is 6.58. The Labute approximate surface area is 191 Å². The lowest BCUT2D eigenvalue weighted by molar-refractivity contribution is -0.124. The Morgan fingerprint density at radius 1 is 1.13 bits per heavy atom. The predicted octanol–water partition coefficient (Wildman–Crippen LogP) is 5.83. The van der Waals surface area contributed by atoms with E-state index in [-0.39, 0.29) is 22.5 Å². The van der Waals surface area contributed by atoms with Crippen molar-refractivity contribution in [2.45, 2.75) is 69.4 Å². The Bertz CT molecular complexity index is 1080. The maximum Gasteiger partial charge on any atom is 0.237 e. The number of anilines is 1. The normalized spacial score (nSPS) is 30.6. The zero-order valence-electron chi connectivity index (χ0n) is 17.9. The van der Waals surface area contributed by atoms with Crippen molar-refractivity contribution in [1.29, 1.82) is 0 Å². The highest BCUT2D eigenvalue weighted by Crippen LogP contribution is 2.63. The van der Waals surface area contributed by atoms with E-state index in [4.69, 9.17) is 23.2 Å². The highest BCUT2D eigenvalue weighted by molar-refractivity contribution is 6.31. The van der Waals surface area contributed by atoms with Crippen molar-refractivity contribution in [3.05, 3.63) is 57.6 Å². The van der Waals surface area contributed by atoms with E-state index in [9.17, 15) is 4.79 Å². The Hall–Kier alpha value is -1.69. The van der Waals surface area contributed by atoms with E-state index in [1.54, 1.807) is 12.1 Å². The van der Waals surface area contributed by atoms with E-state index >= 15 is 4.39 Å². The third-order valence-corrected chi connectivity index (χ3v) is 8.41. The van der Waals surface area contributed by atoms with Gasteiger partial charge in [-0.05, 0) is 67.3 Å². The van der Waals surface area contributed by atoms with Gasteiger partial charge in [0.2, 0.25) is 5.91 Å². The van der Waals surface area contributed by atoms with Gasteiger partial charge in [-0.15, -0.1) is 0 Å². The molecular weight excluding hydrogens is 436 g/mol. The molecule has 4 nitrogen and oxygen atoms in total. The van der Waals surface area contributed by atoms with Crippen LogP contribution in [0, 0.1) is 11.2 Å². The number of halogens is 3. The van der Waals surface area contributed by atoms with Crippen molar-refractivity contribution < 1.29 is 9.18 Å². The van der Waals surface area contributed by atoms with Crippen molar-refractivity contribution in [3.8, 4) is 0 Å². The van der Waals surface area contributed by atoms with Gasteiger partial charge in [0.25, 0.3) is 0 Å². The zero-order chi connectivity index (χ0) is 22.2. The number of carbonyl (C=O) groups is 1. The smallest absolute Gasteiger partial charge is 0.237 e. The standard InChI is InChI=1S/C24H26Cl2FN3O/c1-13-18(15-6-11-28-20(26)19(15)27)24(23(30-13)9-7-22(2,3)8-10-23)16-5-4-14(25)12-17(16)29-21(24)31/h4-6,11-13,18,30H,7-10H2,1-3H3,(H,29,31)/t13-,18+,24+/m0/s1. The van der Waals surface area contributed by atoms with Crippen LogP contribution >= 0.6 is 23.2 Å². The fourth-order valence-corrected chi connectivity index (χ4v) is 6.80. The van der Waals surface area contributed by atoms with Crippen LogP contribution in [0.1, 0.15) is 63.5 Å². The van der Waals surface area contributed by atoms with Crippen LogP contribution in [-0.4, -0.2) is 22.5 Å². The first-order valence-corrected chi connectivity index (χ1v) is 11.6. The molecule has 1 saturated heterocycles. The second-order valence-electron chi connectivity index (χ2n) is 10.1. The lowest BCUT2D eigenvalue weighted by Crippen LogP contribution is -2.61. The van der Waals surface area contributed by atoms with Crippen LogP contribution in [0.4, 0.5) is 10.1 Å². The first kappa shape index (κ1) is 21.2. The largest absolute Gasteiger partial charge is 0.325 e. The highest BCUT2D eigenvalue weighted by Gasteiger charge is 2.71. The molecule has 1 aliphatic carbocycles. The summed E-state index contributed by atoms with van der Waals surface area (Å²) >= 11 is 12.3. The summed E-state index contributed by atoms with van der Waals surface area (Å²) in [5.41, 5.74) is 0.781. The maximum atomic E-state index is 15.3. The van der Waals surface area contributed by atoms with Crippen molar-refractivity contribution in [1.82, 2.24) is 10.3 Å². The first-order valence-electron chi connectivity index (χ1n) is 10.8. The molecule has 1 amide bonds. The topological polar surface area (TPSA) is 54.0 Å². The number of hydrogen-bond acceptors (Lipinski definition) is 3. The van der Waals surface area contributed by atoms with E-state index < -0.39 is 22.7 Å². The molecule has 1 aromatic carbocycles. The van der Waals surface area contributed by atoms with Gasteiger partial charge < -0.3 is 10.6 Å². The third-order valence-electron chi connectivity index (χ3n) is 7.91. The molecule has 7 heteroatoms. The summed E-state index contributed by atoms with van der Waals surface area (Å²) in [6, 6.07) is 7.07. The van der Waals surface area contributed by atoms with Crippen LogP contribution in [0.2, 0.25) is 10.2 Å². The second kappa shape index (κ2) is 6.90. The van der Waals surface area contributed by atoms with Crippen LogP contribution in [0.5, 0.6) is 0 Å². The Kier molecular flexibility index (Phi) is 4.71. The fraction of sp³-hybridized carbons (Fsp3) is 0.500. The number of rotatable bonds is 1. The minimum absolute atomic E-state index is 0.0985. The minimum Gasteiger partial charge on any atom is -0.325 e. The molecule has 0 radical (unpaired) electrons. The van der Waals surface area contributed by atoms with Gasteiger partial charge in [-0.25, -0.2) is 9.37 Å². The lowest BCUT2D eigenvalue weighted by atomic mass is 9.53. The summed E-state index contributed by atoms with van der Waals surface area (Å²) < 4.78 is 15.3. The van der Waals surface area contributed by atoms with Gasteiger partial charge in [0.15, 0.2) is 11.0 Å². The molecule has 0 bridgehead atoms. The van der Waals surface area contributed by atoms with E-state index in [1.165, 1.54) is 6.20 Å². The molecule has 1 aromatic heterocycles. The molecule has 2 fully saturated rings. The molecule has 2 aliphatic heterocycles. The first-order chi connectivity index (χ1) is 14.6. The Morgan fingerprint density at radius 3 is 2.55 bits per heavy atom. The van der Waals surface area contributed by atoms with Gasteiger partial charge in [0, 0.05) is 34.4 Å². The minimum atomic E-state index is -0.964. The molecule has 3 aliphatic rings. The van der Waals surface area contributed by atoms with Crippen molar-refractivity contribution in [3.63, 3.8) is 0 Å². The average molecular weight is 462 g/mol. The second-order valence-corrected chi connectivity index (χ2v) is 10.9. The van der Waals surface area contributed by atoms with Gasteiger partial charge in [-0.2, -0.15) is 0 Å². The van der Waals surface area contributed by atoms with Gasteiger partial charge in [-0.3, -0.25) is 4.79 Å². The molecule has 5 rings (SSSR count). The van der Waals surface area contributed by atoms with Crippen molar-refractivity contribution in [2.75, 3.05) is 5.32 Å². The maximum absolute atomic E-state index is 15.3. The van der Waals surface area contributed by atoms with E-state index in [0.717, 1.165) is 31.2 Å². The number of nitrogens with one attached hydrogen (secondary N) is 2. The number of amides is 1. The molecular formula is C24H26Cl2FN3O. The number of pyridine rings is 1. The average Bonchev–Trinajstić information content (AvgIpc) is 3.13. The molecule has 3 heterocycles. The number of aromatic nitrogens is 1. The Morgan fingerprint density at radius 2 is 1.84 bits per heavy atom. The molecule has 2 spiro atoms. The molecule has 0 unspecified atom stereocenters. The SMILES string of the molecule is C[C@@H]1NC2(CCC(C)(C)CC2)[C@@]2(C(=O)Nc3cc(Cl)ccc32)[C@H]1c1ccnc(Cl)c1F. The van der Waals surface area contributed by atoms with Crippen LogP contribution in [-0.2, 0) is 10.2 Å². The number of nitrogens with zero attached hydrogens (tertiary/aromatic N) is 1. The molecule has 2 N–H and O–H groups in total. The predicted molar refractivity (Wildman–Crippen MR) is 121 cm³/mol. The quantitative estimate of drug-likeness (QED) is 0.525. The van der Waals surface area contributed by atoms with Crippen LogP contribution in [0.25, 0.3) is 0 Å². The highest BCUT2D eigenvalue weighted by atomic mass is 35.5. The van der Waals surface area contributed by atoms with Crippen molar-refractivity contribution in [2.24, 2.45) is 5.41 Å². The lowest BCUT2D eigenvalue weighted by Gasteiger charge is -2.50. The van der Waals surface area contributed by atoms with Gasteiger partial charge in [-0.1, -0.05) is 43.1 Å². The number of fused-ring (bicyclic) bond motifs is 3. The van der Waals surface area contributed by atoms with Crippen LogP contribution in [0.15, 0.2) is 30.5 Å². The molecule has 3 atom stereocenters. The van der Waals surface area contributed by atoms with Gasteiger partial charge in [0.05, 0.1) is 0 Å². The monoisotopic (exact) mass is 461 g/mol. The van der Waals surface area contributed by atoms with Gasteiger partial charge >= 0.3 is 0 Å². The van der Waals surface area contributed by atoms with Crippen LogP contribution in [0.3, 0.4) is 0 Å². The summed E-state index contributed by atoms with van der Waals surface area (Å²) in [5, 5.41) is 7.27. The van der Waals surface area contributed by atoms with Crippen molar-refractivity contribution >= 4 is 34.8 Å². The molecule has 1 saturated carbocycles. The fourth-order valence-electron chi connectivity index (χ4n) is 6.46. The summed E-state index contributed by atoms with van der Waals surface area (Å²) in [5.74, 6) is -1.08. The third kappa shape index (κ3) is 2.82. The van der Waals surface area contributed by atoms with E-state index in [1.807, 2.05) is 19.1 Å². The molecule has 164 valence electrons. The summed E-state index contributed by atoms with van der Waals surface area (Å²) in [7, 11) is 0. The zero-order valence-corrected chi connectivity index (χ0v) is 19.4. The molecule has 2 aromatic rings. The van der Waals surface area contributed by atoms with E-state index in [0.29, 0.717) is 16.3 Å². The Balaban J connectivity index is 1.79. The van der Waals surface area contributed by atoms with E-state index in [2.05, 4.69) is 29.5 Å². The number of carbonyl (C=O) groups excluding carboxylic acids is 1.